The van der Waals surface area contributed by atoms with E-state index in [1.165, 1.54) is 10.9 Å². The van der Waals surface area contributed by atoms with Crippen LogP contribution in [-0.4, -0.2) is 35.8 Å². The van der Waals surface area contributed by atoms with Crippen LogP contribution in [-0.2, 0) is 18.3 Å². The fourth-order valence-corrected chi connectivity index (χ4v) is 3.77. The van der Waals surface area contributed by atoms with Crippen molar-refractivity contribution in [2.24, 2.45) is 7.05 Å². The average Bonchev–Trinajstić information content (AvgIpc) is 3.44. The summed E-state index contributed by atoms with van der Waals surface area (Å²) < 4.78 is 14.4. The fraction of sp³-hybridized carbons (Fsp3) is 0.316. The summed E-state index contributed by atoms with van der Waals surface area (Å²) in [7, 11) is 1.75. The van der Waals surface area contributed by atoms with Gasteiger partial charge in [-0.3, -0.25) is 9.36 Å². The van der Waals surface area contributed by atoms with Crippen molar-refractivity contribution in [3.8, 4) is 0 Å². The molecule has 4 heterocycles. The van der Waals surface area contributed by atoms with E-state index in [4.69, 9.17) is 20.9 Å². The Kier molecular flexibility index (Phi) is 4.40. The number of imidazole rings is 1. The molecule has 0 amide bonds. The minimum absolute atomic E-state index is 0.0193. The molecule has 10 heteroatoms. The van der Waals surface area contributed by atoms with E-state index in [1.54, 1.807) is 17.9 Å². The van der Waals surface area contributed by atoms with Gasteiger partial charge in [-0.15, -0.1) is 0 Å². The molecule has 3 aromatic heterocycles. The van der Waals surface area contributed by atoms with E-state index >= 15 is 0 Å². The van der Waals surface area contributed by atoms with Gasteiger partial charge >= 0.3 is 0 Å². The molecule has 1 saturated heterocycles. The van der Waals surface area contributed by atoms with Gasteiger partial charge in [0, 0.05) is 18.0 Å². The van der Waals surface area contributed by atoms with Gasteiger partial charge in [0.05, 0.1) is 19.0 Å². The van der Waals surface area contributed by atoms with Gasteiger partial charge in [-0.1, -0.05) is 28.9 Å². The number of rotatable bonds is 4. The summed E-state index contributed by atoms with van der Waals surface area (Å²) in [5.41, 5.74) is 1.67. The van der Waals surface area contributed by atoms with E-state index in [2.05, 4.69) is 20.1 Å². The van der Waals surface area contributed by atoms with Gasteiger partial charge in [-0.25, -0.2) is 9.97 Å². The molecule has 0 bridgehead atoms. The molecule has 0 unspecified atom stereocenters. The number of hydrogen-bond donors (Lipinski definition) is 0. The summed E-state index contributed by atoms with van der Waals surface area (Å²) in [6.45, 7) is 0.643. The first-order valence-electron chi connectivity index (χ1n) is 9.14. The van der Waals surface area contributed by atoms with E-state index in [1.807, 2.05) is 24.3 Å². The molecule has 4 aromatic rings. The van der Waals surface area contributed by atoms with Gasteiger partial charge in [0.15, 0.2) is 17.0 Å². The van der Waals surface area contributed by atoms with Gasteiger partial charge in [0.2, 0.25) is 5.89 Å². The number of halogens is 1. The van der Waals surface area contributed by atoms with E-state index in [9.17, 15) is 4.79 Å². The highest BCUT2D eigenvalue weighted by Crippen LogP contribution is 2.37. The molecular weight excluding hydrogens is 396 g/mol. The van der Waals surface area contributed by atoms with Crippen molar-refractivity contribution in [3.63, 3.8) is 0 Å². The second-order valence-electron chi connectivity index (χ2n) is 7.06. The number of aryl methyl sites for hydroxylation is 1. The van der Waals surface area contributed by atoms with Crippen LogP contribution in [0.3, 0.4) is 0 Å². The molecule has 5 rings (SSSR count). The number of aromatic nitrogens is 6. The third-order valence-corrected chi connectivity index (χ3v) is 5.31. The standard InChI is InChI=1S/C19H17ClN6O3/c1-25-9-21-18-16(25)19(27)26(10-22-18)7-15-23-17(24-29-15)12-6-14(28-8-12)11-3-2-4-13(20)5-11/h2-5,9-10,12,14H,6-8H2,1H3/t12-,14+/m0/s1. The van der Waals surface area contributed by atoms with Crippen molar-refractivity contribution in [3.05, 3.63) is 69.6 Å². The van der Waals surface area contributed by atoms with E-state index in [-0.39, 0.29) is 24.1 Å². The van der Waals surface area contributed by atoms with Crippen molar-refractivity contribution >= 4 is 22.8 Å². The largest absolute Gasteiger partial charge is 0.373 e. The van der Waals surface area contributed by atoms with Crippen LogP contribution in [0.15, 0.2) is 46.2 Å². The minimum atomic E-state index is -0.208. The van der Waals surface area contributed by atoms with Crippen molar-refractivity contribution < 1.29 is 9.26 Å². The van der Waals surface area contributed by atoms with Crippen LogP contribution in [0, 0.1) is 0 Å². The summed E-state index contributed by atoms with van der Waals surface area (Å²) in [6.07, 6.45) is 3.68. The first-order chi connectivity index (χ1) is 14.1. The lowest BCUT2D eigenvalue weighted by Crippen LogP contribution is -2.22. The van der Waals surface area contributed by atoms with Crippen LogP contribution in [0.5, 0.6) is 0 Å². The maximum Gasteiger partial charge on any atom is 0.280 e. The third-order valence-electron chi connectivity index (χ3n) is 5.07. The quantitative estimate of drug-likeness (QED) is 0.507. The molecule has 1 fully saturated rings. The normalized spacial score (nSPS) is 19.2. The Hall–Kier alpha value is -3.04. The fourth-order valence-electron chi connectivity index (χ4n) is 3.57. The van der Waals surface area contributed by atoms with E-state index in [0.29, 0.717) is 34.5 Å². The number of fused-ring (bicyclic) bond motifs is 1. The van der Waals surface area contributed by atoms with Crippen molar-refractivity contribution in [2.75, 3.05) is 6.61 Å². The first kappa shape index (κ1) is 18.0. The Morgan fingerprint density at radius 3 is 3.00 bits per heavy atom. The molecule has 0 aliphatic carbocycles. The smallest absolute Gasteiger partial charge is 0.280 e. The lowest BCUT2D eigenvalue weighted by molar-refractivity contribution is 0.110. The number of benzene rings is 1. The molecule has 29 heavy (non-hydrogen) atoms. The van der Waals surface area contributed by atoms with Crippen molar-refractivity contribution in [1.82, 2.24) is 29.2 Å². The summed E-state index contributed by atoms with van der Waals surface area (Å²) in [6, 6.07) is 7.65. The lowest BCUT2D eigenvalue weighted by Gasteiger charge is -2.09. The van der Waals surface area contributed by atoms with Gasteiger partial charge in [0.25, 0.3) is 5.56 Å². The predicted molar refractivity (Wildman–Crippen MR) is 104 cm³/mol. The first-order valence-corrected chi connectivity index (χ1v) is 9.52. The van der Waals surface area contributed by atoms with Crippen LogP contribution in [0.25, 0.3) is 11.2 Å². The summed E-state index contributed by atoms with van der Waals surface area (Å²) in [5.74, 6) is 0.939. The number of nitrogens with zero attached hydrogens (tertiary/aromatic N) is 6. The van der Waals surface area contributed by atoms with Crippen molar-refractivity contribution in [1.29, 1.82) is 0 Å². The molecular formula is C19H17ClN6O3. The maximum atomic E-state index is 12.6. The maximum absolute atomic E-state index is 12.6. The Bertz CT molecular complexity index is 1250. The van der Waals surface area contributed by atoms with Crippen LogP contribution in [0.2, 0.25) is 5.02 Å². The summed E-state index contributed by atoms with van der Waals surface area (Å²) >= 11 is 6.07. The second-order valence-corrected chi connectivity index (χ2v) is 7.50. The van der Waals surface area contributed by atoms with Crippen molar-refractivity contribution in [2.45, 2.75) is 25.0 Å². The number of ether oxygens (including phenoxy) is 1. The number of hydrogen-bond acceptors (Lipinski definition) is 7. The molecule has 2 atom stereocenters. The third kappa shape index (κ3) is 3.32. The Balaban J connectivity index is 1.33. The zero-order valence-electron chi connectivity index (χ0n) is 15.5. The Morgan fingerprint density at radius 2 is 2.14 bits per heavy atom. The predicted octanol–water partition coefficient (Wildman–Crippen LogP) is 2.46. The Morgan fingerprint density at radius 1 is 1.28 bits per heavy atom. The van der Waals surface area contributed by atoms with Gasteiger partial charge < -0.3 is 13.8 Å². The van der Waals surface area contributed by atoms with E-state index in [0.717, 1.165) is 12.0 Å². The minimum Gasteiger partial charge on any atom is -0.373 e. The SMILES string of the molecule is Cn1cnc2ncn(Cc3nc([C@@H]4CO[C@@H](c5cccc(Cl)c5)C4)no3)c(=O)c21. The molecule has 1 aromatic carbocycles. The molecule has 0 spiro atoms. The Labute approximate surface area is 169 Å². The monoisotopic (exact) mass is 412 g/mol. The van der Waals surface area contributed by atoms with Crippen LogP contribution in [0.1, 0.15) is 35.7 Å². The van der Waals surface area contributed by atoms with Gasteiger partial charge in [-0.05, 0) is 24.1 Å². The molecule has 1 aliphatic rings. The van der Waals surface area contributed by atoms with E-state index < -0.39 is 0 Å². The lowest BCUT2D eigenvalue weighted by atomic mass is 10.0. The highest BCUT2D eigenvalue weighted by Gasteiger charge is 2.31. The van der Waals surface area contributed by atoms with Crippen LogP contribution >= 0.6 is 11.6 Å². The molecule has 9 nitrogen and oxygen atoms in total. The zero-order chi connectivity index (χ0) is 20.0. The molecule has 148 valence electrons. The summed E-state index contributed by atoms with van der Waals surface area (Å²) in [4.78, 5) is 25.4. The zero-order valence-corrected chi connectivity index (χ0v) is 16.3. The highest BCUT2D eigenvalue weighted by molar-refractivity contribution is 6.30. The molecule has 0 saturated carbocycles. The van der Waals surface area contributed by atoms with Gasteiger partial charge in [-0.2, -0.15) is 4.98 Å². The van der Waals surface area contributed by atoms with Crippen LogP contribution < -0.4 is 5.56 Å². The molecule has 0 radical (unpaired) electrons. The van der Waals surface area contributed by atoms with Crippen LogP contribution in [0.4, 0.5) is 0 Å². The topological polar surface area (TPSA) is 101 Å². The van der Waals surface area contributed by atoms with Gasteiger partial charge in [0.1, 0.15) is 12.9 Å². The summed E-state index contributed by atoms with van der Waals surface area (Å²) in [5, 5.41) is 4.78. The second kappa shape index (κ2) is 7.09. The highest BCUT2D eigenvalue weighted by atomic mass is 35.5. The molecule has 1 aliphatic heterocycles. The molecule has 0 N–H and O–H groups in total. The average molecular weight is 413 g/mol.